The van der Waals surface area contributed by atoms with Gasteiger partial charge in [0.15, 0.2) is 6.29 Å². The van der Waals surface area contributed by atoms with Crippen molar-refractivity contribution in [2.45, 2.75) is 174 Å². The number of fused-ring (bicyclic) bond motifs is 4. The van der Waals surface area contributed by atoms with Crippen LogP contribution in [0, 0.1) is 50.7 Å². The minimum atomic E-state index is -1.01. The Morgan fingerprint density at radius 1 is 0.887 bits per heavy atom. The summed E-state index contributed by atoms with van der Waals surface area (Å²) < 4.78 is 32.1. The highest BCUT2D eigenvalue weighted by Crippen LogP contribution is 2.89. The number of rotatable bonds is 8. The maximum absolute atomic E-state index is 12.7. The van der Waals surface area contributed by atoms with Crippen LogP contribution in [0.3, 0.4) is 0 Å². The second kappa shape index (κ2) is 13.1. The van der Waals surface area contributed by atoms with Gasteiger partial charge in [-0.2, -0.15) is 0 Å². The van der Waals surface area contributed by atoms with E-state index in [9.17, 15) is 10.2 Å². The Balaban J connectivity index is 0.892. The van der Waals surface area contributed by atoms with E-state index < -0.39 is 17.8 Å². The molecule has 5 aliphatic carbocycles. The highest BCUT2D eigenvalue weighted by atomic mass is 16.7. The van der Waals surface area contributed by atoms with E-state index in [0.717, 1.165) is 45.8 Å². The van der Waals surface area contributed by atoms with Crippen LogP contribution < -0.4 is 0 Å². The molecule has 0 aromatic rings. The molecular formula is C44H74N2O7. The number of ether oxygens (including phenoxy) is 5. The standard InChI is InChI=1S/C44H74N2O7/c1-9-50-38(40(5,6)48)30-22-27(2)35-36(52-30)37(47)42(8)32-11-10-31-39(3,4)33(12-15-43(31)26-44(32,43)17-16-41(35,42)7)53-34-23-46(20-21-51-34)28-13-18-45(19-14-28)29-24-49-25-29/h27-38,47-48H,9-26H2,1-8H3/t27-,30-,31+,32+,33+,34+,35+,36+,37+,38+,41-,42-,43?,44+/m1/s1. The van der Waals surface area contributed by atoms with E-state index >= 15 is 0 Å². The third kappa shape index (κ3) is 5.46. The number of piperidine rings is 1. The van der Waals surface area contributed by atoms with E-state index in [1.165, 1.54) is 64.5 Å². The fourth-order valence-corrected chi connectivity index (χ4v) is 16.0. The van der Waals surface area contributed by atoms with Crippen molar-refractivity contribution < 1.29 is 33.9 Å². The zero-order chi connectivity index (χ0) is 37.3. The molecule has 2 N–H and O–H groups in total. The summed E-state index contributed by atoms with van der Waals surface area (Å²) in [5.74, 6) is 1.84. The predicted molar refractivity (Wildman–Crippen MR) is 203 cm³/mol. The van der Waals surface area contributed by atoms with Crippen molar-refractivity contribution >= 4 is 0 Å². The van der Waals surface area contributed by atoms with Gasteiger partial charge in [0.2, 0.25) is 0 Å². The van der Waals surface area contributed by atoms with Crippen LogP contribution in [0.25, 0.3) is 0 Å². The van der Waals surface area contributed by atoms with Crippen LogP contribution in [0.4, 0.5) is 0 Å². The van der Waals surface area contributed by atoms with Gasteiger partial charge in [0.1, 0.15) is 6.10 Å². The Kier molecular flexibility index (Phi) is 9.42. The molecule has 0 amide bonds. The van der Waals surface area contributed by atoms with Crippen LogP contribution in [0.15, 0.2) is 0 Å². The second-order valence-electron chi connectivity index (χ2n) is 21.5. The van der Waals surface area contributed by atoms with Gasteiger partial charge in [-0.3, -0.25) is 9.80 Å². The highest BCUT2D eigenvalue weighted by molar-refractivity contribution is 5.33. The number of hydrogen-bond donors (Lipinski definition) is 2. The van der Waals surface area contributed by atoms with Crippen molar-refractivity contribution in [3.05, 3.63) is 0 Å². The summed E-state index contributed by atoms with van der Waals surface area (Å²) in [6.07, 6.45) is 10.6. The molecule has 14 atom stereocenters. The minimum absolute atomic E-state index is 0.0199. The Morgan fingerprint density at radius 2 is 1.60 bits per heavy atom. The topological polar surface area (TPSA) is 93.1 Å². The molecule has 1 unspecified atom stereocenters. The monoisotopic (exact) mass is 743 g/mol. The fourth-order valence-electron chi connectivity index (χ4n) is 16.0. The predicted octanol–water partition coefficient (Wildman–Crippen LogP) is 5.88. The number of hydrogen-bond acceptors (Lipinski definition) is 9. The van der Waals surface area contributed by atoms with E-state index in [1.54, 1.807) is 0 Å². The molecule has 0 aromatic heterocycles. The first-order valence-electron chi connectivity index (χ1n) is 22.1. The van der Waals surface area contributed by atoms with Crippen molar-refractivity contribution in [2.24, 2.45) is 50.7 Å². The molecule has 0 aromatic carbocycles. The summed E-state index contributed by atoms with van der Waals surface area (Å²) in [6.45, 7) is 25.5. The van der Waals surface area contributed by atoms with Gasteiger partial charge in [0.05, 0.1) is 55.9 Å². The van der Waals surface area contributed by atoms with Gasteiger partial charge in [-0.05, 0) is 130 Å². The van der Waals surface area contributed by atoms with E-state index in [2.05, 4.69) is 44.4 Å². The van der Waals surface area contributed by atoms with Crippen molar-refractivity contribution in [3.8, 4) is 0 Å². The number of aliphatic hydroxyl groups is 2. The van der Waals surface area contributed by atoms with Crippen molar-refractivity contribution in [2.75, 3.05) is 52.6 Å². The molecule has 5 saturated carbocycles. The average molecular weight is 743 g/mol. The number of nitrogens with zero attached hydrogens (tertiary/aromatic N) is 2. The second-order valence-corrected chi connectivity index (χ2v) is 21.5. The number of likely N-dealkylation sites (tertiary alicyclic amines) is 1. The Hall–Kier alpha value is -0.360. The van der Waals surface area contributed by atoms with E-state index in [0.29, 0.717) is 53.2 Å². The Bertz CT molecular complexity index is 1360. The molecule has 9 aliphatic rings. The van der Waals surface area contributed by atoms with E-state index in [4.69, 9.17) is 23.7 Å². The van der Waals surface area contributed by atoms with Gasteiger partial charge in [-0.1, -0.05) is 34.6 Å². The molecule has 0 bridgehead atoms. The lowest BCUT2D eigenvalue weighted by Crippen LogP contribution is -2.60. The van der Waals surface area contributed by atoms with Crippen LogP contribution >= 0.6 is 0 Å². The first kappa shape index (κ1) is 38.2. The number of aliphatic hydroxyl groups excluding tert-OH is 1. The molecule has 9 rings (SSSR count). The Morgan fingerprint density at radius 3 is 2.28 bits per heavy atom. The third-order valence-electron chi connectivity index (χ3n) is 18.7. The molecule has 9 nitrogen and oxygen atoms in total. The van der Waals surface area contributed by atoms with Crippen LogP contribution in [0.2, 0.25) is 0 Å². The fraction of sp³-hybridized carbons (Fsp3) is 1.00. The molecule has 53 heavy (non-hydrogen) atoms. The van der Waals surface area contributed by atoms with Crippen LogP contribution in [0.5, 0.6) is 0 Å². The minimum Gasteiger partial charge on any atom is -0.390 e. The van der Waals surface area contributed by atoms with Gasteiger partial charge >= 0.3 is 0 Å². The zero-order valence-electron chi connectivity index (χ0n) is 34.5. The van der Waals surface area contributed by atoms with E-state index in [1.807, 2.05) is 20.8 Å². The molecule has 4 saturated heterocycles. The van der Waals surface area contributed by atoms with Crippen LogP contribution in [-0.2, 0) is 23.7 Å². The van der Waals surface area contributed by atoms with Crippen LogP contribution in [-0.4, -0.2) is 127 Å². The van der Waals surface area contributed by atoms with E-state index in [-0.39, 0.29) is 40.8 Å². The SMILES string of the molecule is CCO[C@@H]([C@H]1C[C@@H](C)[C@H]2[C@H](O1)[C@H](O)[C@@]1(C)[C@@H]3CC[C@H]4C(C)(C)[C@@H](O[C@H]5CN(C6CCN(C7COC7)CC6)CCO5)CCC45C[C@@]35CC[C@]21C)C(C)(C)O. The summed E-state index contributed by atoms with van der Waals surface area (Å²) >= 11 is 0. The lowest BCUT2D eigenvalue weighted by Gasteiger charge is -2.64. The maximum atomic E-state index is 12.7. The van der Waals surface area contributed by atoms with Gasteiger partial charge < -0.3 is 33.9 Å². The first-order valence-corrected chi connectivity index (χ1v) is 22.1. The zero-order valence-corrected chi connectivity index (χ0v) is 34.5. The van der Waals surface area contributed by atoms with Crippen molar-refractivity contribution in [1.82, 2.24) is 9.80 Å². The van der Waals surface area contributed by atoms with Gasteiger partial charge in [0.25, 0.3) is 0 Å². The summed E-state index contributed by atoms with van der Waals surface area (Å²) in [5.41, 5.74) is -0.455. The number of morpholine rings is 1. The molecule has 302 valence electrons. The Labute approximate surface area is 320 Å². The average Bonchev–Trinajstić information content (AvgIpc) is 3.72. The van der Waals surface area contributed by atoms with Gasteiger partial charge in [0, 0.05) is 44.2 Å². The molecule has 9 heteroatoms. The van der Waals surface area contributed by atoms with Crippen molar-refractivity contribution in [3.63, 3.8) is 0 Å². The summed E-state index contributed by atoms with van der Waals surface area (Å²) in [6, 6.07) is 1.28. The normalized spacial score (nSPS) is 50.9. The first-order chi connectivity index (χ1) is 25.1. The lowest BCUT2D eigenvalue weighted by atomic mass is 9.41. The maximum Gasteiger partial charge on any atom is 0.170 e. The molecule has 2 spiro atoms. The largest absolute Gasteiger partial charge is 0.390 e. The molecule has 9 fully saturated rings. The smallest absolute Gasteiger partial charge is 0.170 e. The summed E-state index contributed by atoms with van der Waals surface area (Å²) in [5, 5.41) is 23.8. The molecular weight excluding hydrogens is 668 g/mol. The molecule has 0 radical (unpaired) electrons. The summed E-state index contributed by atoms with van der Waals surface area (Å²) in [4.78, 5) is 5.32. The summed E-state index contributed by atoms with van der Waals surface area (Å²) in [7, 11) is 0. The van der Waals surface area contributed by atoms with Gasteiger partial charge in [-0.25, -0.2) is 0 Å². The molecule has 4 heterocycles. The van der Waals surface area contributed by atoms with Crippen molar-refractivity contribution in [1.29, 1.82) is 0 Å². The molecule has 4 aliphatic heterocycles. The quantitative estimate of drug-likeness (QED) is 0.317. The lowest BCUT2D eigenvalue weighted by molar-refractivity contribution is -0.252. The van der Waals surface area contributed by atoms with Gasteiger partial charge in [-0.15, -0.1) is 0 Å². The van der Waals surface area contributed by atoms with Crippen LogP contribution in [0.1, 0.15) is 120 Å². The third-order valence-corrected chi connectivity index (χ3v) is 18.7. The highest BCUT2D eigenvalue weighted by Gasteiger charge is 2.84.